The van der Waals surface area contributed by atoms with Gasteiger partial charge in [-0.25, -0.2) is 4.98 Å². The summed E-state index contributed by atoms with van der Waals surface area (Å²) in [4.78, 5) is 6.59. The van der Waals surface area contributed by atoms with Crippen molar-refractivity contribution in [2.75, 3.05) is 31.4 Å². The van der Waals surface area contributed by atoms with Crippen molar-refractivity contribution < 1.29 is 9.47 Å². The molecule has 0 fully saturated rings. The van der Waals surface area contributed by atoms with Crippen molar-refractivity contribution in [2.24, 2.45) is 0 Å². The molecule has 0 amide bonds. The number of anilines is 2. The minimum absolute atomic E-state index is 0.710. The number of methoxy groups -OCH3 is 2. The first-order valence-corrected chi connectivity index (χ1v) is 6.92. The minimum atomic E-state index is 0.710. The van der Waals surface area contributed by atoms with Crippen LogP contribution in [0.15, 0.2) is 30.5 Å². The number of rotatable bonds is 3. The second-order valence-corrected chi connectivity index (χ2v) is 5.06. The summed E-state index contributed by atoms with van der Waals surface area (Å²) < 4.78 is 10.7. The van der Waals surface area contributed by atoms with Crippen molar-refractivity contribution in [1.29, 1.82) is 0 Å². The third kappa shape index (κ3) is 2.46. The monoisotopic (exact) mass is 285 g/mol. The molecule has 21 heavy (non-hydrogen) atoms. The molecule has 3 rings (SSSR count). The number of aromatic nitrogens is 1. The lowest BCUT2D eigenvalue weighted by Crippen LogP contribution is -2.31. The van der Waals surface area contributed by atoms with Gasteiger partial charge in [-0.2, -0.15) is 0 Å². The van der Waals surface area contributed by atoms with Crippen molar-refractivity contribution >= 4 is 11.5 Å². The Morgan fingerprint density at radius 3 is 2.52 bits per heavy atom. The molecule has 0 radical (unpaired) electrons. The Bertz CT molecular complexity index is 658. The molecule has 2 heterocycles. The first-order valence-electron chi connectivity index (χ1n) is 6.92. The molecular weight excluding hydrogens is 266 g/mol. The second-order valence-electron chi connectivity index (χ2n) is 5.06. The molecule has 0 spiro atoms. The quantitative estimate of drug-likeness (QED) is 0.937. The summed E-state index contributed by atoms with van der Waals surface area (Å²) in [5.41, 5.74) is 9.25. The number of ether oxygens (including phenoxy) is 2. The van der Waals surface area contributed by atoms with Crippen LogP contribution in [0.25, 0.3) is 0 Å². The molecule has 110 valence electrons. The van der Waals surface area contributed by atoms with E-state index in [-0.39, 0.29) is 0 Å². The van der Waals surface area contributed by atoms with Gasteiger partial charge in [0.05, 0.1) is 19.9 Å². The number of hydrogen-bond donors (Lipinski definition) is 1. The van der Waals surface area contributed by atoms with E-state index in [1.807, 2.05) is 18.2 Å². The SMILES string of the molecule is COc1cc2c(cc1OC)CN(c1ncccc1N)CC2. The van der Waals surface area contributed by atoms with Crippen molar-refractivity contribution in [3.8, 4) is 11.5 Å². The largest absolute Gasteiger partial charge is 0.493 e. The van der Waals surface area contributed by atoms with Crippen LogP contribution in [0.5, 0.6) is 11.5 Å². The van der Waals surface area contributed by atoms with E-state index in [4.69, 9.17) is 15.2 Å². The molecule has 0 saturated heterocycles. The fraction of sp³-hybridized carbons (Fsp3) is 0.312. The average molecular weight is 285 g/mol. The zero-order chi connectivity index (χ0) is 14.8. The number of nitrogens with two attached hydrogens (primary N) is 1. The highest BCUT2D eigenvalue weighted by molar-refractivity contribution is 5.63. The van der Waals surface area contributed by atoms with Gasteiger partial charge in [0, 0.05) is 19.3 Å². The Morgan fingerprint density at radius 1 is 1.14 bits per heavy atom. The van der Waals surface area contributed by atoms with Gasteiger partial charge in [0.1, 0.15) is 0 Å². The standard InChI is InChI=1S/C16H19N3O2/c1-20-14-8-11-5-7-19(10-12(11)9-15(14)21-2)16-13(17)4-3-6-18-16/h3-4,6,8-9H,5,7,10,17H2,1-2H3. The van der Waals surface area contributed by atoms with Crippen LogP contribution in [0.2, 0.25) is 0 Å². The summed E-state index contributed by atoms with van der Waals surface area (Å²) in [6, 6.07) is 7.84. The van der Waals surface area contributed by atoms with Crippen molar-refractivity contribution in [3.05, 3.63) is 41.6 Å². The van der Waals surface area contributed by atoms with Crippen LogP contribution < -0.4 is 20.1 Å². The number of nitrogens with zero attached hydrogens (tertiary/aromatic N) is 2. The van der Waals surface area contributed by atoms with E-state index in [0.29, 0.717) is 5.69 Å². The molecule has 0 bridgehead atoms. The number of nitrogen functional groups attached to an aromatic ring is 1. The average Bonchev–Trinajstić information content (AvgIpc) is 2.53. The van der Waals surface area contributed by atoms with E-state index in [9.17, 15) is 0 Å². The molecule has 0 atom stereocenters. The Morgan fingerprint density at radius 2 is 1.86 bits per heavy atom. The van der Waals surface area contributed by atoms with Gasteiger partial charge < -0.3 is 20.1 Å². The van der Waals surface area contributed by atoms with Gasteiger partial charge in [0.15, 0.2) is 17.3 Å². The molecule has 2 aromatic rings. The predicted molar refractivity (Wildman–Crippen MR) is 82.9 cm³/mol. The molecule has 1 aliphatic heterocycles. The summed E-state index contributed by atoms with van der Waals surface area (Å²) in [6.07, 6.45) is 2.71. The highest BCUT2D eigenvalue weighted by Gasteiger charge is 2.21. The van der Waals surface area contributed by atoms with Crippen molar-refractivity contribution in [3.63, 3.8) is 0 Å². The van der Waals surface area contributed by atoms with Gasteiger partial charge >= 0.3 is 0 Å². The number of hydrogen-bond acceptors (Lipinski definition) is 5. The fourth-order valence-corrected chi connectivity index (χ4v) is 2.74. The first kappa shape index (κ1) is 13.5. The highest BCUT2D eigenvalue weighted by atomic mass is 16.5. The van der Waals surface area contributed by atoms with Gasteiger partial charge in [-0.15, -0.1) is 0 Å². The molecule has 1 aromatic carbocycles. The lowest BCUT2D eigenvalue weighted by molar-refractivity contribution is 0.353. The van der Waals surface area contributed by atoms with Gasteiger partial charge in [-0.3, -0.25) is 0 Å². The number of fused-ring (bicyclic) bond motifs is 1. The molecule has 1 aromatic heterocycles. The number of pyridine rings is 1. The van der Waals surface area contributed by atoms with Crippen LogP contribution in [-0.4, -0.2) is 25.7 Å². The molecule has 0 aliphatic carbocycles. The van der Waals surface area contributed by atoms with Gasteiger partial charge in [-0.05, 0) is 41.8 Å². The molecule has 0 saturated carbocycles. The lowest BCUT2D eigenvalue weighted by Gasteiger charge is -2.31. The Kier molecular flexibility index (Phi) is 3.56. The summed E-state index contributed by atoms with van der Waals surface area (Å²) in [7, 11) is 3.32. The maximum Gasteiger partial charge on any atom is 0.161 e. The first-order chi connectivity index (χ1) is 10.2. The molecule has 5 nitrogen and oxygen atoms in total. The zero-order valence-electron chi connectivity index (χ0n) is 12.3. The van der Waals surface area contributed by atoms with Gasteiger partial charge in [-0.1, -0.05) is 0 Å². The van der Waals surface area contributed by atoms with Crippen LogP contribution in [0.3, 0.4) is 0 Å². The maximum absolute atomic E-state index is 6.02. The van der Waals surface area contributed by atoms with Crippen molar-refractivity contribution in [2.45, 2.75) is 13.0 Å². The predicted octanol–water partition coefficient (Wildman–Crippen LogP) is 2.24. The topological polar surface area (TPSA) is 60.6 Å². The van der Waals surface area contributed by atoms with Gasteiger partial charge in [0.2, 0.25) is 0 Å². The summed E-state index contributed by atoms with van der Waals surface area (Å²) in [6.45, 7) is 1.67. The highest BCUT2D eigenvalue weighted by Crippen LogP contribution is 2.34. The van der Waals surface area contributed by atoms with Gasteiger partial charge in [0.25, 0.3) is 0 Å². The third-order valence-corrected chi connectivity index (χ3v) is 3.83. The normalized spacial score (nSPS) is 13.7. The number of benzene rings is 1. The van der Waals surface area contributed by atoms with Crippen LogP contribution in [0, 0.1) is 0 Å². The van der Waals surface area contributed by atoms with E-state index in [1.165, 1.54) is 11.1 Å². The van der Waals surface area contributed by atoms with E-state index in [2.05, 4.69) is 16.0 Å². The smallest absolute Gasteiger partial charge is 0.161 e. The Hall–Kier alpha value is -2.43. The summed E-state index contributed by atoms with van der Waals surface area (Å²) in [5.74, 6) is 2.38. The Labute approximate surface area is 124 Å². The molecule has 0 unspecified atom stereocenters. The van der Waals surface area contributed by atoms with Crippen LogP contribution >= 0.6 is 0 Å². The van der Waals surface area contributed by atoms with Crippen LogP contribution in [-0.2, 0) is 13.0 Å². The third-order valence-electron chi connectivity index (χ3n) is 3.83. The van der Waals surface area contributed by atoms with Crippen LogP contribution in [0.1, 0.15) is 11.1 Å². The molecule has 2 N–H and O–H groups in total. The van der Waals surface area contributed by atoms with E-state index in [0.717, 1.165) is 36.8 Å². The summed E-state index contributed by atoms with van der Waals surface area (Å²) in [5, 5.41) is 0. The maximum atomic E-state index is 6.02. The van der Waals surface area contributed by atoms with E-state index in [1.54, 1.807) is 20.4 Å². The minimum Gasteiger partial charge on any atom is -0.493 e. The van der Waals surface area contributed by atoms with E-state index < -0.39 is 0 Å². The van der Waals surface area contributed by atoms with Crippen LogP contribution in [0.4, 0.5) is 11.5 Å². The molecule has 5 heteroatoms. The van der Waals surface area contributed by atoms with E-state index >= 15 is 0 Å². The fourth-order valence-electron chi connectivity index (χ4n) is 2.74. The van der Waals surface area contributed by atoms with Crippen molar-refractivity contribution in [1.82, 2.24) is 4.98 Å². The summed E-state index contributed by atoms with van der Waals surface area (Å²) >= 11 is 0. The molecular formula is C16H19N3O2. The molecule has 1 aliphatic rings. The lowest BCUT2D eigenvalue weighted by atomic mass is 9.98. The zero-order valence-corrected chi connectivity index (χ0v) is 12.3. The Balaban J connectivity index is 1.93. The second kappa shape index (κ2) is 5.52.